The number of aliphatic hydroxyl groups is 7. The van der Waals surface area contributed by atoms with E-state index in [2.05, 4.69) is 0 Å². The molecule has 3 aromatic rings. The first kappa shape index (κ1) is 32.6. The van der Waals surface area contributed by atoms with E-state index in [1.807, 2.05) is 0 Å². The van der Waals surface area contributed by atoms with Gasteiger partial charge >= 0.3 is 0 Å². The molecule has 0 unspecified atom stereocenters. The van der Waals surface area contributed by atoms with Crippen molar-refractivity contribution >= 4 is 11.0 Å². The average molecular weight is 641 g/mol. The van der Waals surface area contributed by atoms with Gasteiger partial charge in [0.25, 0.3) is 0 Å². The number of fused-ring (bicyclic) bond motifs is 1. The van der Waals surface area contributed by atoms with Crippen LogP contribution in [0.2, 0.25) is 0 Å². The maximum absolute atomic E-state index is 13.0. The number of ether oxygens (including phenoxy) is 5. The minimum absolute atomic E-state index is 0.0541. The molecule has 2 aromatic carbocycles. The fraction of sp³-hybridized carbons (Fsp3) is 0.464. The molecule has 2 aliphatic rings. The number of phenols is 3. The fourth-order valence-electron chi connectivity index (χ4n) is 5.10. The van der Waals surface area contributed by atoms with Crippen molar-refractivity contribution in [2.75, 3.05) is 20.3 Å². The van der Waals surface area contributed by atoms with Crippen molar-refractivity contribution in [3.05, 3.63) is 40.6 Å². The molecule has 0 spiro atoms. The number of methoxy groups -OCH3 is 1. The average Bonchev–Trinajstić information content (AvgIpc) is 3.02. The van der Waals surface area contributed by atoms with Crippen LogP contribution in [0.4, 0.5) is 0 Å². The summed E-state index contributed by atoms with van der Waals surface area (Å²) in [5, 5.41) is 102. The summed E-state index contributed by atoms with van der Waals surface area (Å²) in [6, 6.07) is 5.90. The third-order valence-electron chi connectivity index (χ3n) is 7.59. The molecule has 0 radical (unpaired) electrons. The summed E-state index contributed by atoms with van der Waals surface area (Å²) in [6.45, 7) is -1.62. The molecule has 1 aromatic heterocycles. The maximum Gasteiger partial charge on any atom is 0.229 e. The molecule has 0 bridgehead atoms. The van der Waals surface area contributed by atoms with Gasteiger partial charge < -0.3 is 79.2 Å². The minimum atomic E-state index is -1.92. The maximum atomic E-state index is 13.0. The number of phenolic OH excluding ortho intramolecular Hbond substituents is 3. The number of aliphatic hydroxyl groups excluding tert-OH is 7. The van der Waals surface area contributed by atoms with Gasteiger partial charge in [-0.15, -0.1) is 0 Å². The van der Waals surface area contributed by atoms with Gasteiger partial charge in [0, 0.05) is 17.7 Å². The molecule has 17 nitrogen and oxygen atoms in total. The summed E-state index contributed by atoms with van der Waals surface area (Å²) in [5.74, 6) is -2.36. The molecule has 10 atom stereocenters. The number of rotatable bonds is 8. The first-order chi connectivity index (χ1) is 21.4. The fourth-order valence-corrected chi connectivity index (χ4v) is 5.10. The summed E-state index contributed by atoms with van der Waals surface area (Å²) >= 11 is 0. The molecule has 5 rings (SSSR count). The van der Waals surface area contributed by atoms with Gasteiger partial charge in [-0.1, -0.05) is 0 Å². The van der Waals surface area contributed by atoms with E-state index in [1.54, 1.807) is 0 Å². The van der Waals surface area contributed by atoms with Crippen LogP contribution in [0.1, 0.15) is 0 Å². The van der Waals surface area contributed by atoms with Crippen LogP contribution in [-0.2, 0) is 14.2 Å². The lowest BCUT2D eigenvalue weighted by atomic mass is 9.97. The van der Waals surface area contributed by atoms with Gasteiger partial charge in [-0.2, -0.15) is 0 Å². The Morgan fingerprint density at radius 3 is 2.04 bits per heavy atom. The number of hydrogen-bond donors (Lipinski definition) is 10. The highest BCUT2D eigenvalue weighted by Gasteiger charge is 2.51. The lowest BCUT2D eigenvalue weighted by Gasteiger charge is -2.45. The van der Waals surface area contributed by atoms with E-state index in [-0.39, 0.29) is 22.8 Å². The third kappa shape index (κ3) is 5.98. The molecular formula is C28H32O17. The van der Waals surface area contributed by atoms with Gasteiger partial charge in [0.1, 0.15) is 59.6 Å². The zero-order valence-electron chi connectivity index (χ0n) is 23.4. The zero-order chi connectivity index (χ0) is 32.7. The zero-order valence-corrected chi connectivity index (χ0v) is 23.4. The Hall–Kier alpha value is -3.75. The standard InChI is InChI=1S/C28H32O17/c1-40-14-4-9(2-3-10(14)31)13-5-11(32)18-12(33)6-15(21(36)25(18)41-13)42-28-26(23(38)20(35)17(8-30)44-28)45-27-24(39)22(37)19(34)16(7-29)43-27/h2-6,16-17,19-20,22-24,26-31,33-39H,7-8H2,1H3/t16-,17-,19-,20-,22+,23+,24+,26-,27+,28-/m1/s1. The van der Waals surface area contributed by atoms with Crippen molar-refractivity contribution < 1.29 is 79.2 Å². The Morgan fingerprint density at radius 2 is 1.40 bits per heavy atom. The highest BCUT2D eigenvalue weighted by molar-refractivity contribution is 5.91. The molecule has 17 heteroatoms. The van der Waals surface area contributed by atoms with Crippen LogP contribution in [0.5, 0.6) is 28.7 Å². The molecule has 45 heavy (non-hydrogen) atoms. The highest BCUT2D eigenvalue weighted by atomic mass is 16.8. The smallest absolute Gasteiger partial charge is 0.229 e. The van der Waals surface area contributed by atoms with Gasteiger partial charge in [0.15, 0.2) is 40.7 Å². The first-order valence-corrected chi connectivity index (χ1v) is 13.5. The minimum Gasteiger partial charge on any atom is -0.507 e. The molecule has 2 aliphatic heterocycles. The summed E-state index contributed by atoms with van der Waals surface area (Å²) in [4.78, 5) is 13.0. The van der Waals surface area contributed by atoms with Gasteiger partial charge in [-0.3, -0.25) is 4.79 Å². The summed E-state index contributed by atoms with van der Waals surface area (Å²) in [6.07, 6.45) is -17.5. The largest absolute Gasteiger partial charge is 0.507 e. The van der Waals surface area contributed by atoms with Crippen molar-refractivity contribution in [1.82, 2.24) is 0 Å². The van der Waals surface area contributed by atoms with E-state index in [0.717, 1.165) is 12.1 Å². The molecule has 2 saturated heterocycles. The van der Waals surface area contributed by atoms with Gasteiger partial charge in [-0.25, -0.2) is 0 Å². The van der Waals surface area contributed by atoms with Crippen LogP contribution in [0, 0.1) is 0 Å². The second-order valence-electron chi connectivity index (χ2n) is 10.4. The predicted molar refractivity (Wildman–Crippen MR) is 146 cm³/mol. The highest BCUT2D eigenvalue weighted by Crippen LogP contribution is 2.42. The van der Waals surface area contributed by atoms with E-state index in [1.165, 1.54) is 25.3 Å². The molecular weight excluding hydrogens is 608 g/mol. The van der Waals surface area contributed by atoms with Crippen molar-refractivity contribution in [2.45, 2.75) is 61.4 Å². The summed E-state index contributed by atoms with van der Waals surface area (Å²) in [5.41, 5.74) is -1.06. The van der Waals surface area contributed by atoms with E-state index in [9.17, 15) is 55.9 Å². The van der Waals surface area contributed by atoms with E-state index < -0.39 is 108 Å². The number of aromatic hydroxyl groups is 3. The topological polar surface area (TPSA) is 279 Å². The Labute approximate surface area is 252 Å². The van der Waals surface area contributed by atoms with Crippen LogP contribution >= 0.6 is 0 Å². The summed E-state index contributed by atoms with van der Waals surface area (Å²) in [7, 11) is 1.31. The molecule has 10 N–H and O–H groups in total. The van der Waals surface area contributed by atoms with Gasteiger partial charge in [-0.05, 0) is 18.2 Å². The van der Waals surface area contributed by atoms with E-state index in [4.69, 9.17) is 28.1 Å². The quantitative estimate of drug-likeness (QED) is 0.115. The van der Waals surface area contributed by atoms with Crippen LogP contribution < -0.4 is 14.9 Å². The van der Waals surface area contributed by atoms with Crippen LogP contribution in [0.25, 0.3) is 22.3 Å². The lowest BCUT2D eigenvalue weighted by Crippen LogP contribution is -2.65. The van der Waals surface area contributed by atoms with Crippen LogP contribution in [-0.4, -0.2) is 133 Å². The SMILES string of the molecule is COc1cc(-c2cc(=O)c3c(O)cc(O[C@@H]4O[C@H](CO)[C@@H](O)[C@H](O)[C@H]4O[C@@H]4O[C@H](CO)[C@@H](O)[C@H](O)[C@@H]4O)c(O)c3o2)ccc1O. The molecule has 0 amide bonds. The molecule has 2 fully saturated rings. The van der Waals surface area contributed by atoms with Crippen LogP contribution in [0.3, 0.4) is 0 Å². The molecule has 246 valence electrons. The molecule has 3 heterocycles. The van der Waals surface area contributed by atoms with Crippen molar-refractivity contribution in [2.24, 2.45) is 0 Å². The Balaban J connectivity index is 1.52. The Morgan fingerprint density at radius 1 is 0.756 bits per heavy atom. The second-order valence-corrected chi connectivity index (χ2v) is 10.4. The second kappa shape index (κ2) is 12.9. The monoisotopic (exact) mass is 640 g/mol. The van der Waals surface area contributed by atoms with Gasteiger partial charge in [0.2, 0.25) is 12.0 Å². The number of hydrogen-bond acceptors (Lipinski definition) is 17. The van der Waals surface area contributed by atoms with Crippen molar-refractivity contribution in [3.8, 4) is 40.1 Å². The van der Waals surface area contributed by atoms with E-state index >= 15 is 0 Å². The Bertz CT molecular complexity index is 1570. The predicted octanol–water partition coefficient (Wildman–Crippen LogP) is -2.41. The van der Waals surface area contributed by atoms with Crippen molar-refractivity contribution in [1.29, 1.82) is 0 Å². The third-order valence-corrected chi connectivity index (χ3v) is 7.59. The van der Waals surface area contributed by atoms with Crippen LogP contribution in [0.15, 0.2) is 39.5 Å². The molecule has 0 saturated carbocycles. The van der Waals surface area contributed by atoms with Gasteiger partial charge in [0.05, 0.1) is 20.3 Å². The summed E-state index contributed by atoms with van der Waals surface area (Å²) < 4.78 is 33.0. The molecule has 0 aliphatic carbocycles. The normalized spacial score (nSPS) is 32.0. The van der Waals surface area contributed by atoms with E-state index in [0.29, 0.717) is 0 Å². The lowest BCUT2D eigenvalue weighted by molar-refractivity contribution is -0.358. The number of benzene rings is 2. The van der Waals surface area contributed by atoms with Crippen molar-refractivity contribution in [3.63, 3.8) is 0 Å². The Kier molecular flexibility index (Phi) is 9.38. The first-order valence-electron chi connectivity index (χ1n) is 13.5.